The van der Waals surface area contributed by atoms with Crippen molar-refractivity contribution >= 4 is 0 Å². The van der Waals surface area contributed by atoms with Gasteiger partial charge in [-0.25, -0.2) is 0 Å². The van der Waals surface area contributed by atoms with E-state index in [1.165, 1.54) is 5.56 Å². The summed E-state index contributed by atoms with van der Waals surface area (Å²) in [5, 5.41) is 0. The van der Waals surface area contributed by atoms with Gasteiger partial charge in [-0.15, -0.1) is 29.8 Å². The summed E-state index contributed by atoms with van der Waals surface area (Å²) in [6, 6.07) is 23.8. The summed E-state index contributed by atoms with van der Waals surface area (Å²) in [7, 11) is 0. The normalized spacial score (nSPS) is 11.5. The largest absolute Gasteiger partial charge is 0.324 e. The van der Waals surface area contributed by atoms with Crippen LogP contribution in [0.3, 0.4) is 0 Å². The van der Waals surface area contributed by atoms with Crippen LogP contribution in [0, 0.1) is 43.4 Å². The Morgan fingerprint density at radius 2 is 1.68 bits per heavy atom. The molecule has 2 nitrogen and oxygen atoms in total. The second-order valence-electron chi connectivity index (χ2n) is 5.12. The maximum atomic E-state index is 5.87. The van der Waals surface area contributed by atoms with Gasteiger partial charge in [-0.3, -0.25) is 0 Å². The zero-order chi connectivity index (χ0) is 14.7. The van der Waals surface area contributed by atoms with Crippen LogP contribution in [-0.4, -0.2) is 4.98 Å². The van der Waals surface area contributed by atoms with E-state index < -0.39 is 0 Å². The fourth-order valence-corrected chi connectivity index (χ4v) is 2.26. The SMILES string of the molecule is CC(N)c1ccc(-c2c[c-]c(-c3ccccn3)cc2)cc1.[Er]. The second kappa shape index (κ2) is 7.88. The van der Waals surface area contributed by atoms with Crippen molar-refractivity contribution in [2.45, 2.75) is 13.0 Å². The molecular formula is C19H17ErN2-. The molecule has 116 valence electrons. The van der Waals surface area contributed by atoms with Gasteiger partial charge in [-0.2, -0.15) is 0 Å². The fourth-order valence-electron chi connectivity index (χ4n) is 2.26. The average molecular weight is 441 g/mol. The Hall–Kier alpha value is -1.20. The van der Waals surface area contributed by atoms with Gasteiger partial charge in [0.2, 0.25) is 0 Å². The van der Waals surface area contributed by atoms with Gasteiger partial charge in [-0.1, -0.05) is 47.5 Å². The van der Waals surface area contributed by atoms with Crippen molar-refractivity contribution in [3.8, 4) is 22.4 Å². The molecule has 0 spiro atoms. The molecule has 2 N–H and O–H groups in total. The molecule has 3 rings (SSSR count). The van der Waals surface area contributed by atoms with E-state index in [-0.39, 0.29) is 43.3 Å². The molecular weight excluding hydrogens is 423 g/mol. The maximum absolute atomic E-state index is 5.87. The fraction of sp³-hybridized carbons (Fsp3) is 0.105. The van der Waals surface area contributed by atoms with Crippen LogP contribution < -0.4 is 5.73 Å². The quantitative estimate of drug-likeness (QED) is 0.619. The Morgan fingerprint density at radius 3 is 2.23 bits per heavy atom. The molecule has 2 aromatic carbocycles. The van der Waals surface area contributed by atoms with E-state index >= 15 is 0 Å². The van der Waals surface area contributed by atoms with Gasteiger partial charge in [0.15, 0.2) is 0 Å². The molecule has 0 amide bonds. The first-order valence-electron chi connectivity index (χ1n) is 7.03. The number of hydrogen-bond acceptors (Lipinski definition) is 2. The summed E-state index contributed by atoms with van der Waals surface area (Å²) in [6.45, 7) is 1.99. The Labute approximate surface area is 161 Å². The van der Waals surface area contributed by atoms with Crippen LogP contribution in [0.15, 0.2) is 66.9 Å². The van der Waals surface area contributed by atoms with E-state index in [1.54, 1.807) is 6.20 Å². The second-order valence-corrected chi connectivity index (χ2v) is 5.12. The number of rotatable bonds is 3. The summed E-state index contributed by atoms with van der Waals surface area (Å²) in [5.74, 6) is 0. The van der Waals surface area contributed by atoms with Crippen LogP contribution in [0.1, 0.15) is 18.5 Å². The molecule has 3 aromatic rings. The number of aromatic nitrogens is 1. The Balaban J connectivity index is 0.00000176. The van der Waals surface area contributed by atoms with Crippen LogP contribution in [0.2, 0.25) is 0 Å². The van der Waals surface area contributed by atoms with Gasteiger partial charge < -0.3 is 10.7 Å². The van der Waals surface area contributed by atoms with Crippen LogP contribution in [0.25, 0.3) is 22.4 Å². The van der Waals surface area contributed by atoms with Crippen LogP contribution in [0.5, 0.6) is 0 Å². The summed E-state index contributed by atoms with van der Waals surface area (Å²) in [5.41, 5.74) is 11.3. The summed E-state index contributed by atoms with van der Waals surface area (Å²) in [6.07, 6.45) is 1.80. The topological polar surface area (TPSA) is 38.9 Å². The molecule has 0 radical (unpaired) electrons. The molecule has 3 heteroatoms. The zero-order valence-electron chi connectivity index (χ0n) is 12.2. The van der Waals surface area contributed by atoms with Crippen molar-refractivity contribution in [3.05, 3.63) is 78.5 Å². The van der Waals surface area contributed by atoms with Gasteiger partial charge in [0.1, 0.15) is 0 Å². The predicted octanol–water partition coefficient (Wildman–Crippen LogP) is 4.24. The van der Waals surface area contributed by atoms with Crippen LogP contribution >= 0.6 is 0 Å². The Bertz CT molecular complexity index is 705. The molecule has 0 saturated carbocycles. The third-order valence-electron chi connectivity index (χ3n) is 3.52. The summed E-state index contributed by atoms with van der Waals surface area (Å²) in [4.78, 5) is 4.34. The third-order valence-corrected chi connectivity index (χ3v) is 3.52. The van der Waals surface area contributed by atoms with Crippen molar-refractivity contribution in [2.24, 2.45) is 5.73 Å². The Morgan fingerprint density at radius 1 is 0.955 bits per heavy atom. The minimum absolute atomic E-state index is 0. The van der Waals surface area contributed by atoms with Gasteiger partial charge >= 0.3 is 0 Å². The van der Waals surface area contributed by atoms with Gasteiger partial charge in [0.05, 0.1) is 0 Å². The number of nitrogens with zero attached hydrogens (tertiary/aromatic N) is 1. The number of benzene rings is 2. The van der Waals surface area contributed by atoms with Crippen molar-refractivity contribution in [1.82, 2.24) is 4.98 Å². The number of nitrogens with two attached hydrogens (primary N) is 1. The maximum Gasteiger partial charge on any atom is 0.0266 e. The minimum atomic E-state index is 0. The first-order chi connectivity index (χ1) is 10.2. The van der Waals surface area contributed by atoms with Crippen LogP contribution in [-0.2, 0) is 0 Å². The summed E-state index contributed by atoms with van der Waals surface area (Å²) < 4.78 is 0. The van der Waals surface area contributed by atoms with Gasteiger partial charge in [-0.05, 0) is 24.2 Å². The molecule has 0 aliphatic carbocycles. The van der Waals surface area contributed by atoms with E-state index in [9.17, 15) is 0 Å². The van der Waals surface area contributed by atoms with Crippen LogP contribution in [0.4, 0.5) is 0 Å². The van der Waals surface area contributed by atoms with Crippen molar-refractivity contribution in [2.75, 3.05) is 0 Å². The molecule has 0 aliphatic heterocycles. The standard InChI is InChI=1S/C19H17N2.Er/c1-14(20)15-5-7-16(8-6-15)17-9-11-18(12-10-17)19-4-2-3-13-21-19;/h2-11,13-14H,20H2,1H3;/q-1;. The molecule has 0 fully saturated rings. The number of hydrogen-bond donors (Lipinski definition) is 1. The third kappa shape index (κ3) is 3.96. The van der Waals surface area contributed by atoms with Crippen molar-refractivity contribution in [1.29, 1.82) is 0 Å². The number of pyridine rings is 1. The molecule has 0 aliphatic rings. The van der Waals surface area contributed by atoms with E-state index in [0.29, 0.717) is 0 Å². The van der Waals surface area contributed by atoms with E-state index in [2.05, 4.69) is 47.4 Å². The first kappa shape index (κ1) is 17.2. The molecule has 1 heterocycles. The first-order valence-corrected chi connectivity index (χ1v) is 7.03. The predicted molar refractivity (Wildman–Crippen MR) is 86.5 cm³/mol. The van der Waals surface area contributed by atoms with E-state index in [0.717, 1.165) is 22.4 Å². The van der Waals surface area contributed by atoms with E-state index in [4.69, 9.17) is 5.73 Å². The summed E-state index contributed by atoms with van der Waals surface area (Å²) >= 11 is 0. The van der Waals surface area contributed by atoms with Crippen molar-refractivity contribution < 1.29 is 37.3 Å². The van der Waals surface area contributed by atoms with Crippen molar-refractivity contribution in [3.63, 3.8) is 0 Å². The smallest absolute Gasteiger partial charge is 0.0266 e. The minimum Gasteiger partial charge on any atom is -0.324 e. The molecule has 1 aromatic heterocycles. The molecule has 0 saturated heterocycles. The monoisotopic (exact) mass is 439 g/mol. The molecule has 0 bridgehead atoms. The Kier molecular flexibility index (Phi) is 6.14. The van der Waals surface area contributed by atoms with E-state index in [1.807, 2.05) is 31.2 Å². The van der Waals surface area contributed by atoms with Gasteiger partial charge in [0, 0.05) is 49.5 Å². The molecule has 1 unspecified atom stereocenters. The average Bonchev–Trinajstić information content (AvgIpc) is 2.56. The van der Waals surface area contributed by atoms with Gasteiger partial charge in [0.25, 0.3) is 0 Å². The molecule has 22 heavy (non-hydrogen) atoms. The zero-order valence-corrected chi connectivity index (χ0v) is 14.1. The molecule has 1 atom stereocenters.